The number of nitrogens with zero attached hydrogens (tertiary/aromatic N) is 1. The first-order chi connectivity index (χ1) is 6.43. The fraction of sp³-hybridized carbons (Fsp3) is 0.444. The molecule has 1 fully saturated rings. The zero-order valence-electron chi connectivity index (χ0n) is 7.30. The van der Waals surface area contributed by atoms with Crippen molar-refractivity contribution in [1.29, 1.82) is 0 Å². The van der Waals surface area contributed by atoms with Crippen LogP contribution in [0.4, 0.5) is 8.78 Å². The Kier molecular flexibility index (Phi) is 2.01. The summed E-state index contributed by atoms with van der Waals surface area (Å²) < 4.78 is 25.4. The van der Waals surface area contributed by atoms with Crippen LogP contribution < -0.4 is 5.73 Å². The summed E-state index contributed by atoms with van der Waals surface area (Å²) in [4.78, 5) is 3.78. The van der Waals surface area contributed by atoms with Gasteiger partial charge in [-0.3, -0.25) is 4.98 Å². The summed E-state index contributed by atoms with van der Waals surface area (Å²) in [5.74, 6) is -2.65. The molecule has 0 aliphatic heterocycles. The zero-order valence-corrected chi connectivity index (χ0v) is 8.06. The van der Waals surface area contributed by atoms with E-state index in [1.165, 1.54) is 12.4 Å². The van der Waals surface area contributed by atoms with Gasteiger partial charge in [0.25, 0.3) is 5.92 Å². The van der Waals surface area contributed by atoms with Gasteiger partial charge in [-0.2, -0.15) is 0 Å². The summed E-state index contributed by atoms with van der Waals surface area (Å²) in [5.41, 5.74) is 5.38. The lowest BCUT2D eigenvalue weighted by atomic mass is 9.70. The van der Waals surface area contributed by atoms with Crippen LogP contribution in [-0.2, 0) is 5.54 Å². The first-order valence-corrected chi connectivity index (χ1v) is 4.57. The first-order valence-electron chi connectivity index (χ1n) is 4.20. The summed E-state index contributed by atoms with van der Waals surface area (Å²) >= 11 is 5.83. The van der Waals surface area contributed by atoms with Crippen LogP contribution in [-0.4, -0.2) is 10.9 Å². The van der Waals surface area contributed by atoms with Crippen LogP contribution in [0.5, 0.6) is 0 Å². The quantitative estimate of drug-likeness (QED) is 0.786. The molecule has 1 aliphatic rings. The molecule has 0 bridgehead atoms. The number of nitrogens with two attached hydrogens (primary N) is 1. The van der Waals surface area contributed by atoms with Crippen LogP contribution in [0.2, 0.25) is 5.02 Å². The summed E-state index contributed by atoms with van der Waals surface area (Å²) in [7, 11) is 0. The molecule has 0 amide bonds. The molecule has 76 valence electrons. The van der Waals surface area contributed by atoms with E-state index in [2.05, 4.69) is 4.98 Å². The molecule has 14 heavy (non-hydrogen) atoms. The second kappa shape index (κ2) is 2.87. The van der Waals surface area contributed by atoms with Crippen LogP contribution in [0.3, 0.4) is 0 Å². The number of halogens is 3. The lowest BCUT2D eigenvalue weighted by molar-refractivity contribution is -0.125. The molecule has 2 N–H and O–H groups in total. The molecular formula is C9H9ClF2N2. The average molecular weight is 219 g/mol. The summed E-state index contributed by atoms with van der Waals surface area (Å²) in [5, 5.41) is 0.352. The van der Waals surface area contributed by atoms with Crippen molar-refractivity contribution in [2.24, 2.45) is 5.73 Å². The highest BCUT2D eigenvalue weighted by Gasteiger charge is 2.55. The SMILES string of the molecule is NC1(c2ccncc2Cl)CC(F)(F)C1. The van der Waals surface area contributed by atoms with E-state index < -0.39 is 11.5 Å². The van der Waals surface area contributed by atoms with E-state index >= 15 is 0 Å². The van der Waals surface area contributed by atoms with Crippen molar-refractivity contribution < 1.29 is 8.78 Å². The molecule has 0 spiro atoms. The highest BCUT2D eigenvalue weighted by Crippen LogP contribution is 2.51. The Labute approximate surface area is 85.1 Å². The lowest BCUT2D eigenvalue weighted by Gasteiger charge is -2.45. The minimum absolute atomic E-state index is 0.344. The largest absolute Gasteiger partial charge is 0.321 e. The predicted octanol–water partition coefficient (Wildman–Crippen LogP) is 2.32. The molecule has 2 rings (SSSR count). The molecule has 5 heteroatoms. The minimum Gasteiger partial charge on any atom is -0.321 e. The first kappa shape index (κ1) is 9.80. The maximum Gasteiger partial charge on any atom is 0.252 e. The molecule has 0 unspecified atom stereocenters. The Morgan fingerprint density at radius 2 is 2.07 bits per heavy atom. The topological polar surface area (TPSA) is 38.9 Å². The molecular weight excluding hydrogens is 210 g/mol. The molecule has 1 saturated carbocycles. The van der Waals surface area contributed by atoms with Gasteiger partial charge in [-0.15, -0.1) is 0 Å². The van der Waals surface area contributed by atoms with Gasteiger partial charge in [0.15, 0.2) is 0 Å². The van der Waals surface area contributed by atoms with Crippen LogP contribution >= 0.6 is 11.6 Å². The Morgan fingerprint density at radius 3 is 2.57 bits per heavy atom. The third-order valence-corrected chi connectivity index (χ3v) is 2.76. The molecule has 0 radical (unpaired) electrons. The Morgan fingerprint density at radius 1 is 1.43 bits per heavy atom. The van der Waals surface area contributed by atoms with Crippen molar-refractivity contribution in [2.45, 2.75) is 24.3 Å². The zero-order chi connectivity index (χ0) is 10.4. The lowest BCUT2D eigenvalue weighted by Crippen LogP contribution is -2.55. The molecule has 0 saturated heterocycles. The van der Waals surface area contributed by atoms with E-state index in [-0.39, 0.29) is 12.8 Å². The van der Waals surface area contributed by atoms with Crippen molar-refractivity contribution in [1.82, 2.24) is 4.98 Å². The number of pyridine rings is 1. The molecule has 1 aliphatic carbocycles. The van der Waals surface area contributed by atoms with E-state index in [4.69, 9.17) is 17.3 Å². The minimum atomic E-state index is -2.65. The van der Waals surface area contributed by atoms with Crippen LogP contribution in [0, 0.1) is 0 Å². The maximum atomic E-state index is 12.7. The maximum absolute atomic E-state index is 12.7. The van der Waals surface area contributed by atoms with Crippen LogP contribution in [0.15, 0.2) is 18.5 Å². The summed E-state index contributed by atoms with van der Waals surface area (Å²) in [6, 6.07) is 1.59. The van der Waals surface area contributed by atoms with Gasteiger partial charge in [0.05, 0.1) is 10.6 Å². The van der Waals surface area contributed by atoms with Crippen molar-refractivity contribution in [3.8, 4) is 0 Å². The van der Waals surface area contributed by atoms with Gasteiger partial charge in [-0.05, 0) is 11.6 Å². The van der Waals surface area contributed by atoms with Crippen molar-refractivity contribution >= 4 is 11.6 Å². The number of aromatic nitrogens is 1. The second-order valence-electron chi connectivity index (χ2n) is 3.72. The van der Waals surface area contributed by atoms with E-state index in [1.807, 2.05) is 0 Å². The Balaban J connectivity index is 2.30. The van der Waals surface area contributed by atoms with Crippen molar-refractivity contribution in [2.75, 3.05) is 0 Å². The van der Waals surface area contributed by atoms with E-state index in [0.29, 0.717) is 10.6 Å². The van der Waals surface area contributed by atoms with E-state index in [1.54, 1.807) is 6.07 Å². The number of hydrogen-bond donors (Lipinski definition) is 1. The third kappa shape index (κ3) is 1.48. The normalized spacial score (nSPS) is 22.9. The van der Waals surface area contributed by atoms with Gasteiger partial charge in [0, 0.05) is 25.2 Å². The fourth-order valence-electron chi connectivity index (χ4n) is 1.84. The predicted molar refractivity (Wildman–Crippen MR) is 49.3 cm³/mol. The molecule has 1 aromatic rings. The van der Waals surface area contributed by atoms with Gasteiger partial charge < -0.3 is 5.73 Å². The number of rotatable bonds is 1. The number of hydrogen-bond acceptors (Lipinski definition) is 2. The van der Waals surface area contributed by atoms with Gasteiger partial charge in [-0.1, -0.05) is 11.6 Å². The highest BCUT2D eigenvalue weighted by molar-refractivity contribution is 6.31. The Hall–Kier alpha value is -0.740. The third-order valence-electron chi connectivity index (χ3n) is 2.46. The standard InChI is InChI=1S/C9H9ClF2N2/c10-7-3-14-2-1-6(7)8(13)4-9(11,12)5-8/h1-3H,4-5,13H2. The van der Waals surface area contributed by atoms with Gasteiger partial charge in [0.1, 0.15) is 0 Å². The summed E-state index contributed by atoms with van der Waals surface area (Å²) in [6.45, 7) is 0. The van der Waals surface area contributed by atoms with Gasteiger partial charge in [-0.25, -0.2) is 8.78 Å². The molecule has 0 aromatic carbocycles. The van der Waals surface area contributed by atoms with E-state index in [0.717, 1.165) is 0 Å². The summed E-state index contributed by atoms with van der Waals surface area (Å²) in [6.07, 6.45) is 2.24. The highest BCUT2D eigenvalue weighted by atomic mass is 35.5. The second-order valence-corrected chi connectivity index (χ2v) is 4.13. The molecule has 1 aromatic heterocycles. The average Bonchev–Trinajstić information content (AvgIpc) is 2.00. The molecule has 2 nitrogen and oxygen atoms in total. The fourth-order valence-corrected chi connectivity index (χ4v) is 2.15. The Bertz CT molecular complexity index is 360. The van der Waals surface area contributed by atoms with E-state index in [9.17, 15) is 8.78 Å². The van der Waals surface area contributed by atoms with Crippen molar-refractivity contribution in [3.63, 3.8) is 0 Å². The van der Waals surface area contributed by atoms with Crippen molar-refractivity contribution in [3.05, 3.63) is 29.0 Å². The molecule has 0 atom stereocenters. The van der Waals surface area contributed by atoms with Gasteiger partial charge >= 0.3 is 0 Å². The van der Waals surface area contributed by atoms with Crippen LogP contribution in [0.1, 0.15) is 18.4 Å². The number of alkyl halides is 2. The monoisotopic (exact) mass is 218 g/mol. The molecule has 1 heterocycles. The van der Waals surface area contributed by atoms with Gasteiger partial charge in [0.2, 0.25) is 0 Å². The smallest absolute Gasteiger partial charge is 0.252 e. The van der Waals surface area contributed by atoms with Crippen LogP contribution in [0.25, 0.3) is 0 Å².